The highest BCUT2D eigenvalue weighted by Gasteiger charge is 2.13. The summed E-state index contributed by atoms with van der Waals surface area (Å²) in [5, 5.41) is 4.53. The number of aryl methyl sites for hydroxylation is 1. The molecule has 21 heavy (non-hydrogen) atoms. The van der Waals surface area contributed by atoms with Crippen molar-refractivity contribution in [2.45, 2.75) is 33.2 Å². The SMILES string of the molecule is CCc1nn(Cc2ccc(C(=O)OC)cn2)c(CC)c1N. The standard InChI is InChI=1S/C15H20N4O2/c1-4-12-14(16)13(5-2)19(18-12)9-11-7-6-10(8-17-11)15(20)21-3/h6-8H,4-5,9,16H2,1-3H3. The fourth-order valence-corrected chi connectivity index (χ4v) is 2.24. The second kappa shape index (κ2) is 6.39. The number of ether oxygens (including phenoxy) is 1. The van der Waals surface area contributed by atoms with Crippen molar-refractivity contribution < 1.29 is 9.53 Å². The van der Waals surface area contributed by atoms with Gasteiger partial charge < -0.3 is 10.5 Å². The first-order valence-corrected chi connectivity index (χ1v) is 6.97. The van der Waals surface area contributed by atoms with Crippen LogP contribution in [0.1, 0.15) is 41.3 Å². The molecule has 0 aromatic carbocycles. The monoisotopic (exact) mass is 288 g/mol. The van der Waals surface area contributed by atoms with Crippen LogP contribution in [-0.4, -0.2) is 27.8 Å². The number of nitrogens with two attached hydrogens (primary N) is 1. The molecule has 0 unspecified atom stereocenters. The molecule has 0 aliphatic carbocycles. The smallest absolute Gasteiger partial charge is 0.339 e. The molecule has 112 valence electrons. The van der Waals surface area contributed by atoms with Crippen LogP contribution in [0.25, 0.3) is 0 Å². The molecule has 0 fully saturated rings. The average molecular weight is 288 g/mol. The maximum atomic E-state index is 11.4. The highest BCUT2D eigenvalue weighted by atomic mass is 16.5. The van der Waals surface area contributed by atoms with Crippen molar-refractivity contribution in [1.29, 1.82) is 0 Å². The summed E-state index contributed by atoms with van der Waals surface area (Å²) in [6.45, 7) is 4.62. The Hall–Kier alpha value is -2.37. The molecule has 6 nitrogen and oxygen atoms in total. The van der Waals surface area contributed by atoms with E-state index in [-0.39, 0.29) is 5.97 Å². The minimum absolute atomic E-state index is 0.389. The Balaban J connectivity index is 2.24. The van der Waals surface area contributed by atoms with Crippen molar-refractivity contribution in [3.8, 4) is 0 Å². The van der Waals surface area contributed by atoms with E-state index in [9.17, 15) is 4.79 Å². The number of carbonyl (C=O) groups is 1. The topological polar surface area (TPSA) is 83.0 Å². The number of rotatable bonds is 5. The van der Waals surface area contributed by atoms with E-state index < -0.39 is 0 Å². The minimum atomic E-state index is -0.389. The molecule has 0 aliphatic rings. The molecular formula is C15H20N4O2. The lowest BCUT2D eigenvalue weighted by atomic mass is 10.2. The summed E-state index contributed by atoms with van der Waals surface area (Å²) >= 11 is 0. The fraction of sp³-hybridized carbons (Fsp3) is 0.400. The van der Waals surface area contributed by atoms with E-state index in [0.29, 0.717) is 12.1 Å². The van der Waals surface area contributed by atoms with Crippen molar-refractivity contribution >= 4 is 11.7 Å². The van der Waals surface area contributed by atoms with Gasteiger partial charge in [0.05, 0.1) is 42.0 Å². The molecule has 2 rings (SSSR count). The Morgan fingerprint density at radius 1 is 1.33 bits per heavy atom. The third-order valence-electron chi connectivity index (χ3n) is 3.40. The molecule has 2 heterocycles. The Morgan fingerprint density at radius 3 is 2.62 bits per heavy atom. The van der Waals surface area contributed by atoms with Gasteiger partial charge in [0.15, 0.2) is 0 Å². The molecule has 6 heteroatoms. The molecule has 0 amide bonds. The van der Waals surface area contributed by atoms with Crippen LogP contribution in [-0.2, 0) is 24.1 Å². The first-order chi connectivity index (χ1) is 10.1. The number of nitrogen functional groups attached to an aromatic ring is 1. The van der Waals surface area contributed by atoms with Gasteiger partial charge in [0, 0.05) is 6.20 Å². The summed E-state index contributed by atoms with van der Waals surface area (Å²) in [5.74, 6) is -0.389. The predicted octanol–water partition coefficient (Wildman–Crippen LogP) is 1.82. The van der Waals surface area contributed by atoms with Gasteiger partial charge in [0.2, 0.25) is 0 Å². The maximum Gasteiger partial charge on any atom is 0.339 e. The number of anilines is 1. The van der Waals surface area contributed by atoms with Gasteiger partial charge in [-0.2, -0.15) is 5.10 Å². The Bertz CT molecular complexity index is 632. The predicted molar refractivity (Wildman–Crippen MR) is 80.1 cm³/mol. The summed E-state index contributed by atoms with van der Waals surface area (Å²) < 4.78 is 6.53. The summed E-state index contributed by atoms with van der Waals surface area (Å²) in [5.41, 5.74) is 10.1. The molecule has 0 saturated heterocycles. The van der Waals surface area contributed by atoms with Crippen LogP contribution in [0.2, 0.25) is 0 Å². The van der Waals surface area contributed by atoms with E-state index >= 15 is 0 Å². The third kappa shape index (κ3) is 3.04. The summed E-state index contributed by atoms with van der Waals surface area (Å²) in [6.07, 6.45) is 3.14. The lowest BCUT2D eigenvalue weighted by Crippen LogP contribution is -2.09. The second-order valence-corrected chi connectivity index (χ2v) is 4.70. The average Bonchev–Trinajstić information content (AvgIpc) is 2.82. The lowest BCUT2D eigenvalue weighted by Gasteiger charge is -2.06. The number of aromatic nitrogens is 3. The zero-order chi connectivity index (χ0) is 15.4. The number of pyridine rings is 1. The highest BCUT2D eigenvalue weighted by Crippen LogP contribution is 2.19. The van der Waals surface area contributed by atoms with Gasteiger partial charge in [-0.25, -0.2) is 4.79 Å². The summed E-state index contributed by atoms with van der Waals surface area (Å²) in [4.78, 5) is 15.7. The zero-order valence-corrected chi connectivity index (χ0v) is 12.6. The van der Waals surface area contributed by atoms with Crippen molar-refractivity contribution in [3.63, 3.8) is 0 Å². The Labute approximate surface area is 123 Å². The second-order valence-electron chi connectivity index (χ2n) is 4.70. The van der Waals surface area contributed by atoms with Gasteiger partial charge in [-0.3, -0.25) is 9.67 Å². The molecule has 0 bridgehead atoms. The van der Waals surface area contributed by atoms with Gasteiger partial charge in [-0.05, 0) is 25.0 Å². The van der Waals surface area contributed by atoms with Crippen molar-refractivity contribution in [2.75, 3.05) is 12.8 Å². The number of carbonyl (C=O) groups excluding carboxylic acids is 1. The van der Waals surface area contributed by atoms with E-state index in [2.05, 4.69) is 21.7 Å². The molecule has 0 saturated carbocycles. The molecule has 0 aliphatic heterocycles. The van der Waals surface area contributed by atoms with Gasteiger partial charge in [0.25, 0.3) is 0 Å². The molecule has 2 N–H and O–H groups in total. The number of hydrogen-bond acceptors (Lipinski definition) is 5. The van der Waals surface area contributed by atoms with Gasteiger partial charge in [-0.15, -0.1) is 0 Å². The van der Waals surface area contributed by atoms with Crippen molar-refractivity contribution in [1.82, 2.24) is 14.8 Å². The zero-order valence-electron chi connectivity index (χ0n) is 12.6. The number of methoxy groups -OCH3 is 1. The summed E-state index contributed by atoms with van der Waals surface area (Å²) in [6, 6.07) is 3.50. The normalized spacial score (nSPS) is 10.6. The van der Waals surface area contributed by atoms with E-state index in [1.807, 2.05) is 11.6 Å². The largest absolute Gasteiger partial charge is 0.465 e. The van der Waals surface area contributed by atoms with Gasteiger partial charge in [0.1, 0.15) is 0 Å². The van der Waals surface area contributed by atoms with Crippen molar-refractivity contribution in [3.05, 3.63) is 41.0 Å². The first kappa shape index (κ1) is 15.0. The van der Waals surface area contributed by atoms with E-state index in [1.165, 1.54) is 13.3 Å². The van der Waals surface area contributed by atoms with Crippen LogP contribution >= 0.6 is 0 Å². The Morgan fingerprint density at radius 2 is 2.10 bits per heavy atom. The fourth-order valence-electron chi connectivity index (χ4n) is 2.24. The van der Waals surface area contributed by atoms with Crippen LogP contribution in [0.15, 0.2) is 18.3 Å². The molecule has 2 aromatic rings. The Kier molecular flexibility index (Phi) is 4.57. The first-order valence-electron chi connectivity index (χ1n) is 6.97. The van der Waals surface area contributed by atoms with Crippen LogP contribution in [0.3, 0.4) is 0 Å². The minimum Gasteiger partial charge on any atom is -0.465 e. The summed E-state index contributed by atoms with van der Waals surface area (Å²) in [7, 11) is 1.35. The molecule has 0 radical (unpaired) electrons. The highest BCUT2D eigenvalue weighted by molar-refractivity contribution is 5.88. The third-order valence-corrected chi connectivity index (χ3v) is 3.40. The molecule has 0 atom stereocenters. The van der Waals surface area contributed by atoms with Crippen molar-refractivity contribution in [2.24, 2.45) is 0 Å². The van der Waals surface area contributed by atoms with Gasteiger partial charge in [-0.1, -0.05) is 13.8 Å². The van der Waals surface area contributed by atoms with E-state index in [0.717, 1.165) is 35.6 Å². The molecule has 2 aromatic heterocycles. The number of nitrogens with zero attached hydrogens (tertiary/aromatic N) is 3. The number of esters is 1. The number of hydrogen-bond donors (Lipinski definition) is 1. The quantitative estimate of drug-likeness (QED) is 0.848. The van der Waals surface area contributed by atoms with Crippen LogP contribution < -0.4 is 5.73 Å². The van der Waals surface area contributed by atoms with Crippen LogP contribution in [0.5, 0.6) is 0 Å². The van der Waals surface area contributed by atoms with Crippen LogP contribution in [0.4, 0.5) is 5.69 Å². The molecular weight excluding hydrogens is 268 g/mol. The van der Waals surface area contributed by atoms with E-state index in [1.54, 1.807) is 12.1 Å². The maximum absolute atomic E-state index is 11.4. The van der Waals surface area contributed by atoms with Crippen LogP contribution in [0, 0.1) is 0 Å². The van der Waals surface area contributed by atoms with E-state index in [4.69, 9.17) is 5.73 Å². The lowest BCUT2D eigenvalue weighted by molar-refractivity contribution is 0.0600. The molecule has 0 spiro atoms. The van der Waals surface area contributed by atoms with Gasteiger partial charge >= 0.3 is 5.97 Å².